The maximum absolute atomic E-state index is 5.18. The highest BCUT2D eigenvalue weighted by Crippen LogP contribution is 2.20. The number of hydrogen-bond acceptors (Lipinski definition) is 8. The van der Waals surface area contributed by atoms with E-state index >= 15 is 0 Å². The van der Waals surface area contributed by atoms with Crippen molar-refractivity contribution in [3.05, 3.63) is 30.2 Å². The molecule has 2 saturated heterocycles. The molecule has 2 aliphatic rings. The molecule has 0 amide bonds. The third-order valence-electron chi connectivity index (χ3n) is 4.53. The molecule has 0 saturated carbocycles. The maximum Gasteiger partial charge on any atom is 0.240 e. The second-order valence-corrected chi connectivity index (χ2v) is 6.16. The Bertz CT molecular complexity index is 632. The summed E-state index contributed by atoms with van der Waals surface area (Å²) in [6, 6.07) is 2.49. The Morgan fingerprint density at radius 2 is 1.87 bits per heavy atom. The van der Waals surface area contributed by atoms with Gasteiger partial charge in [-0.25, -0.2) is 9.97 Å². The van der Waals surface area contributed by atoms with Crippen LogP contribution in [0, 0.1) is 6.92 Å². The van der Waals surface area contributed by atoms with Crippen LogP contribution >= 0.6 is 0 Å². The van der Waals surface area contributed by atoms with Gasteiger partial charge in [0.15, 0.2) is 5.82 Å². The standard InChI is InChI=1S/C15H21N7O/c1-12-18-14(23-19-12)11-20-9-13(10-20)21-5-7-22(8-6-21)15-16-3-2-4-17-15/h2-4,13H,5-11H2,1H3. The number of aryl methyl sites for hydroxylation is 1. The average molecular weight is 315 g/mol. The van der Waals surface area contributed by atoms with Gasteiger partial charge >= 0.3 is 0 Å². The summed E-state index contributed by atoms with van der Waals surface area (Å²) in [4.78, 5) is 20.1. The lowest BCUT2D eigenvalue weighted by molar-refractivity contribution is 0.0195. The first-order chi connectivity index (χ1) is 11.3. The van der Waals surface area contributed by atoms with E-state index in [1.165, 1.54) is 0 Å². The van der Waals surface area contributed by atoms with E-state index in [1.807, 2.05) is 13.0 Å². The lowest BCUT2D eigenvalue weighted by atomic mass is 10.1. The molecule has 0 N–H and O–H groups in total. The number of anilines is 1. The molecular formula is C15H21N7O. The van der Waals surface area contributed by atoms with Crippen LogP contribution in [0.15, 0.2) is 23.0 Å². The van der Waals surface area contributed by atoms with Crippen LogP contribution in [0.1, 0.15) is 11.7 Å². The molecule has 2 aromatic heterocycles. The van der Waals surface area contributed by atoms with Crippen LogP contribution in [0.2, 0.25) is 0 Å². The zero-order valence-electron chi connectivity index (χ0n) is 13.3. The Labute approximate surface area is 135 Å². The van der Waals surface area contributed by atoms with Crippen molar-refractivity contribution in [1.82, 2.24) is 29.9 Å². The number of hydrogen-bond donors (Lipinski definition) is 0. The Kier molecular flexibility index (Phi) is 3.92. The van der Waals surface area contributed by atoms with Crippen LogP contribution in [-0.4, -0.2) is 75.2 Å². The van der Waals surface area contributed by atoms with E-state index in [4.69, 9.17) is 4.52 Å². The fourth-order valence-electron chi connectivity index (χ4n) is 3.24. The largest absolute Gasteiger partial charge is 0.338 e. The molecule has 0 spiro atoms. The molecule has 2 aromatic rings. The molecule has 2 fully saturated rings. The molecule has 23 heavy (non-hydrogen) atoms. The van der Waals surface area contributed by atoms with Gasteiger partial charge in [0.2, 0.25) is 11.8 Å². The van der Waals surface area contributed by atoms with E-state index < -0.39 is 0 Å². The van der Waals surface area contributed by atoms with Crippen molar-refractivity contribution in [3.63, 3.8) is 0 Å². The third kappa shape index (κ3) is 3.18. The highest BCUT2D eigenvalue weighted by Gasteiger charge is 2.34. The van der Waals surface area contributed by atoms with E-state index in [1.54, 1.807) is 12.4 Å². The van der Waals surface area contributed by atoms with E-state index in [9.17, 15) is 0 Å². The van der Waals surface area contributed by atoms with E-state index in [0.29, 0.717) is 17.8 Å². The summed E-state index contributed by atoms with van der Waals surface area (Å²) < 4.78 is 5.18. The van der Waals surface area contributed by atoms with Crippen LogP contribution < -0.4 is 4.90 Å². The van der Waals surface area contributed by atoms with Gasteiger partial charge in [0, 0.05) is 57.7 Å². The van der Waals surface area contributed by atoms with Crippen LogP contribution in [-0.2, 0) is 6.54 Å². The zero-order valence-corrected chi connectivity index (χ0v) is 13.3. The van der Waals surface area contributed by atoms with Crippen LogP contribution in [0.3, 0.4) is 0 Å². The monoisotopic (exact) mass is 315 g/mol. The van der Waals surface area contributed by atoms with Crippen molar-refractivity contribution in [2.24, 2.45) is 0 Å². The number of aromatic nitrogens is 4. The molecular weight excluding hydrogens is 294 g/mol. The second kappa shape index (κ2) is 6.21. The summed E-state index contributed by atoms with van der Waals surface area (Å²) in [5, 5.41) is 3.83. The molecule has 4 rings (SSSR count). The predicted octanol–water partition coefficient (Wildman–Crippen LogP) is 0.174. The average Bonchev–Trinajstić information content (AvgIpc) is 2.97. The smallest absolute Gasteiger partial charge is 0.240 e. The van der Waals surface area contributed by atoms with Crippen LogP contribution in [0.5, 0.6) is 0 Å². The molecule has 0 aliphatic carbocycles. The number of likely N-dealkylation sites (tertiary alicyclic amines) is 1. The lowest BCUT2D eigenvalue weighted by Crippen LogP contribution is -2.62. The maximum atomic E-state index is 5.18. The van der Waals surface area contributed by atoms with Gasteiger partial charge in [-0.3, -0.25) is 9.80 Å². The van der Waals surface area contributed by atoms with Gasteiger partial charge in [0.25, 0.3) is 0 Å². The molecule has 8 heteroatoms. The summed E-state index contributed by atoms with van der Waals surface area (Å²) in [6.07, 6.45) is 3.61. The first-order valence-corrected chi connectivity index (χ1v) is 8.05. The van der Waals surface area contributed by atoms with Gasteiger partial charge in [-0.15, -0.1) is 0 Å². The van der Waals surface area contributed by atoms with Crippen molar-refractivity contribution < 1.29 is 4.52 Å². The highest BCUT2D eigenvalue weighted by atomic mass is 16.5. The van der Waals surface area contributed by atoms with Gasteiger partial charge in [-0.1, -0.05) is 5.16 Å². The number of nitrogens with zero attached hydrogens (tertiary/aromatic N) is 7. The SMILES string of the molecule is Cc1noc(CN2CC(N3CCN(c4ncccn4)CC3)C2)n1. The summed E-state index contributed by atoms with van der Waals surface area (Å²) in [7, 11) is 0. The molecule has 0 bridgehead atoms. The minimum atomic E-state index is 0.637. The molecule has 4 heterocycles. The Morgan fingerprint density at radius 1 is 1.13 bits per heavy atom. The molecule has 2 aliphatic heterocycles. The van der Waals surface area contributed by atoms with Crippen molar-refractivity contribution in [1.29, 1.82) is 0 Å². The first kappa shape index (κ1) is 14.5. The van der Waals surface area contributed by atoms with E-state index in [0.717, 1.165) is 51.8 Å². The highest BCUT2D eigenvalue weighted by molar-refractivity contribution is 5.29. The third-order valence-corrected chi connectivity index (χ3v) is 4.53. The molecule has 122 valence electrons. The molecule has 0 aromatic carbocycles. The second-order valence-electron chi connectivity index (χ2n) is 6.16. The van der Waals surface area contributed by atoms with Crippen molar-refractivity contribution >= 4 is 5.95 Å². The minimum absolute atomic E-state index is 0.637. The topological polar surface area (TPSA) is 74.4 Å². The number of piperazine rings is 1. The summed E-state index contributed by atoms with van der Waals surface area (Å²) in [6.45, 7) is 8.86. The fourth-order valence-corrected chi connectivity index (χ4v) is 3.24. The predicted molar refractivity (Wildman–Crippen MR) is 83.9 cm³/mol. The van der Waals surface area contributed by atoms with Crippen molar-refractivity contribution in [2.75, 3.05) is 44.2 Å². The molecule has 0 radical (unpaired) electrons. The fraction of sp³-hybridized carbons (Fsp3) is 0.600. The van der Waals surface area contributed by atoms with Gasteiger partial charge in [0.1, 0.15) is 0 Å². The number of rotatable bonds is 4. The van der Waals surface area contributed by atoms with Gasteiger partial charge in [-0.2, -0.15) is 4.98 Å². The van der Waals surface area contributed by atoms with Crippen molar-refractivity contribution in [3.8, 4) is 0 Å². The Hall–Kier alpha value is -2.06. The molecule has 0 atom stereocenters. The zero-order chi connectivity index (χ0) is 15.6. The van der Waals surface area contributed by atoms with Gasteiger partial charge in [-0.05, 0) is 13.0 Å². The first-order valence-electron chi connectivity index (χ1n) is 8.05. The van der Waals surface area contributed by atoms with Crippen LogP contribution in [0.25, 0.3) is 0 Å². The lowest BCUT2D eigenvalue weighted by Gasteiger charge is -2.47. The molecule has 8 nitrogen and oxygen atoms in total. The van der Waals surface area contributed by atoms with Crippen LogP contribution in [0.4, 0.5) is 5.95 Å². The summed E-state index contributed by atoms with van der Waals surface area (Å²) >= 11 is 0. The van der Waals surface area contributed by atoms with E-state index in [2.05, 4.69) is 34.8 Å². The summed E-state index contributed by atoms with van der Waals surface area (Å²) in [5.74, 6) is 2.26. The normalized spacial score (nSPS) is 20.7. The Morgan fingerprint density at radius 3 is 2.52 bits per heavy atom. The quantitative estimate of drug-likeness (QED) is 0.791. The van der Waals surface area contributed by atoms with E-state index in [-0.39, 0.29) is 0 Å². The summed E-state index contributed by atoms with van der Waals surface area (Å²) in [5.41, 5.74) is 0. The molecule has 0 unspecified atom stereocenters. The van der Waals surface area contributed by atoms with Crippen molar-refractivity contribution in [2.45, 2.75) is 19.5 Å². The van der Waals surface area contributed by atoms with Gasteiger partial charge < -0.3 is 9.42 Å². The van der Waals surface area contributed by atoms with Gasteiger partial charge in [0.05, 0.1) is 6.54 Å². The minimum Gasteiger partial charge on any atom is -0.338 e. The Balaban J connectivity index is 1.23.